The van der Waals surface area contributed by atoms with Gasteiger partial charge in [0.15, 0.2) is 0 Å². The Balaban J connectivity index is 2.70. The number of nitrogens with one attached hydrogen (secondary N) is 1. The number of carbonyl (C=O) groups is 1. The van der Waals surface area contributed by atoms with E-state index >= 15 is 0 Å². The lowest BCUT2D eigenvalue weighted by atomic mass is 10.1. The van der Waals surface area contributed by atoms with Gasteiger partial charge in [-0.1, -0.05) is 0 Å². The molecule has 0 radical (unpaired) electrons. The molecule has 5 nitrogen and oxygen atoms in total. The number of methoxy groups -OCH3 is 2. The van der Waals surface area contributed by atoms with Crippen LogP contribution in [0.1, 0.15) is 12.0 Å². The molecule has 94 valence electrons. The van der Waals surface area contributed by atoms with Gasteiger partial charge in [0.2, 0.25) is 5.91 Å². The minimum atomic E-state index is -0.169. The molecule has 5 heteroatoms. The molecule has 0 heterocycles. The lowest BCUT2D eigenvalue weighted by Gasteiger charge is -2.10. The summed E-state index contributed by atoms with van der Waals surface area (Å²) in [5.74, 6) is 1.32. The zero-order chi connectivity index (χ0) is 12.7. The molecule has 0 aliphatic carbocycles. The molecule has 0 atom stereocenters. The average Bonchev–Trinajstić information content (AvgIpc) is 2.36. The first-order chi connectivity index (χ1) is 8.21. The van der Waals surface area contributed by atoms with E-state index in [-0.39, 0.29) is 5.91 Å². The van der Waals surface area contributed by atoms with E-state index in [1.165, 1.54) is 7.11 Å². The molecule has 0 aromatic heterocycles. The summed E-state index contributed by atoms with van der Waals surface area (Å²) in [7, 11) is 4.60. The minimum Gasteiger partial charge on any atom is -0.497 e. The molecule has 1 N–H and O–H groups in total. The van der Waals surface area contributed by atoms with Crippen molar-refractivity contribution in [1.29, 1.82) is 0 Å². The summed E-state index contributed by atoms with van der Waals surface area (Å²) in [5.41, 5.74) is 3.20. The summed E-state index contributed by atoms with van der Waals surface area (Å²) in [4.78, 5) is 15.8. The van der Waals surface area contributed by atoms with Gasteiger partial charge in [0, 0.05) is 6.42 Å². The van der Waals surface area contributed by atoms with E-state index < -0.39 is 0 Å². The Morgan fingerprint density at radius 3 is 2.59 bits per heavy atom. The molecule has 1 amide bonds. The third-order valence-corrected chi connectivity index (χ3v) is 2.32. The summed E-state index contributed by atoms with van der Waals surface area (Å²) in [6.45, 7) is 0. The second-order valence-electron chi connectivity index (χ2n) is 3.41. The van der Waals surface area contributed by atoms with Crippen LogP contribution in [0.15, 0.2) is 18.2 Å². The number of amides is 1. The molecule has 0 bridgehead atoms. The first-order valence-electron chi connectivity index (χ1n) is 5.24. The zero-order valence-corrected chi connectivity index (χ0v) is 10.3. The fourth-order valence-electron chi connectivity index (χ4n) is 1.49. The van der Waals surface area contributed by atoms with Crippen molar-refractivity contribution < 1.29 is 19.1 Å². The Bertz CT molecular complexity index is 379. The third-order valence-electron chi connectivity index (χ3n) is 2.32. The predicted molar refractivity (Wildman–Crippen MR) is 63.0 cm³/mol. The maximum absolute atomic E-state index is 11.3. The van der Waals surface area contributed by atoms with E-state index in [1.54, 1.807) is 14.2 Å². The van der Waals surface area contributed by atoms with Gasteiger partial charge in [-0.15, -0.1) is 0 Å². The van der Waals surface area contributed by atoms with Crippen LogP contribution in [0.2, 0.25) is 0 Å². The number of benzene rings is 1. The summed E-state index contributed by atoms with van der Waals surface area (Å²) in [6, 6.07) is 5.50. The van der Waals surface area contributed by atoms with Gasteiger partial charge in [0.1, 0.15) is 11.5 Å². The van der Waals surface area contributed by atoms with Crippen LogP contribution in [0.25, 0.3) is 0 Å². The Morgan fingerprint density at radius 1 is 1.24 bits per heavy atom. The van der Waals surface area contributed by atoms with Crippen molar-refractivity contribution in [2.75, 3.05) is 21.3 Å². The fourth-order valence-corrected chi connectivity index (χ4v) is 1.49. The SMILES string of the molecule is CONC(=O)CCc1cc(OC)ccc1OC. The van der Waals surface area contributed by atoms with Crippen LogP contribution in [-0.2, 0) is 16.1 Å². The molecule has 0 saturated heterocycles. The maximum atomic E-state index is 11.3. The molecular formula is C12H17NO4. The van der Waals surface area contributed by atoms with Crippen LogP contribution in [-0.4, -0.2) is 27.2 Å². The number of carbonyl (C=O) groups excluding carboxylic acids is 1. The number of ether oxygens (including phenoxy) is 2. The van der Waals surface area contributed by atoms with Crippen molar-refractivity contribution in [3.05, 3.63) is 23.8 Å². The van der Waals surface area contributed by atoms with E-state index in [1.807, 2.05) is 18.2 Å². The molecule has 0 unspecified atom stereocenters. The monoisotopic (exact) mass is 239 g/mol. The smallest absolute Gasteiger partial charge is 0.243 e. The standard InChI is InChI=1S/C12H17NO4/c1-15-10-5-6-11(16-2)9(8-10)4-7-12(14)13-17-3/h5-6,8H,4,7H2,1-3H3,(H,13,14). The summed E-state index contributed by atoms with van der Waals surface area (Å²) >= 11 is 0. The fraction of sp³-hybridized carbons (Fsp3) is 0.417. The van der Waals surface area contributed by atoms with Crippen LogP contribution in [0.3, 0.4) is 0 Å². The second kappa shape index (κ2) is 6.75. The molecule has 0 spiro atoms. The normalized spacial score (nSPS) is 9.82. The van der Waals surface area contributed by atoms with E-state index in [0.29, 0.717) is 12.8 Å². The van der Waals surface area contributed by atoms with Crippen molar-refractivity contribution in [2.45, 2.75) is 12.8 Å². The molecule has 1 rings (SSSR count). The van der Waals surface area contributed by atoms with E-state index in [0.717, 1.165) is 17.1 Å². The molecule has 1 aromatic rings. The predicted octanol–water partition coefficient (Wildman–Crippen LogP) is 1.31. The highest BCUT2D eigenvalue weighted by atomic mass is 16.6. The van der Waals surface area contributed by atoms with Crippen LogP contribution in [0.5, 0.6) is 11.5 Å². The lowest BCUT2D eigenvalue weighted by molar-refractivity contribution is -0.131. The van der Waals surface area contributed by atoms with Gasteiger partial charge in [0.05, 0.1) is 21.3 Å². The summed E-state index contributed by atoms with van der Waals surface area (Å²) in [5, 5.41) is 0. The summed E-state index contributed by atoms with van der Waals surface area (Å²) in [6.07, 6.45) is 0.896. The van der Waals surface area contributed by atoms with Crippen LogP contribution in [0, 0.1) is 0 Å². The number of hydroxylamine groups is 1. The van der Waals surface area contributed by atoms with Crippen LogP contribution in [0.4, 0.5) is 0 Å². The number of hydrogen-bond donors (Lipinski definition) is 1. The van der Waals surface area contributed by atoms with Gasteiger partial charge >= 0.3 is 0 Å². The zero-order valence-electron chi connectivity index (χ0n) is 10.3. The van der Waals surface area contributed by atoms with Crippen molar-refractivity contribution in [3.63, 3.8) is 0 Å². The van der Waals surface area contributed by atoms with Gasteiger partial charge in [-0.3, -0.25) is 9.63 Å². The molecule has 0 fully saturated rings. The third kappa shape index (κ3) is 3.96. The highest BCUT2D eigenvalue weighted by Crippen LogP contribution is 2.24. The van der Waals surface area contributed by atoms with E-state index in [9.17, 15) is 4.79 Å². The number of hydrogen-bond acceptors (Lipinski definition) is 4. The van der Waals surface area contributed by atoms with Gasteiger partial charge in [-0.2, -0.15) is 0 Å². The topological polar surface area (TPSA) is 56.8 Å². The van der Waals surface area contributed by atoms with Crippen molar-refractivity contribution in [3.8, 4) is 11.5 Å². The van der Waals surface area contributed by atoms with Crippen molar-refractivity contribution >= 4 is 5.91 Å². The van der Waals surface area contributed by atoms with Gasteiger partial charge in [-0.05, 0) is 30.2 Å². The van der Waals surface area contributed by atoms with E-state index in [2.05, 4.69) is 10.3 Å². The average molecular weight is 239 g/mol. The van der Waals surface area contributed by atoms with Gasteiger partial charge < -0.3 is 9.47 Å². The first kappa shape index (κ1) is 13.3. The quantitative estimate of drug-likeness (QED) is 0.760. The van der Waals surface area contributed by atoms with Crippen LogP contribution >= 0.6 is 0 Å². The Kier molecular flexibility index (Phi) is 5.29. The number of aryl methyl sites for hydroxylation is 1. The van der Waals surface area contributed by atoms with Gasteiger partial charge in [-0.25, -0.2) is 5.48 Å². The second-order valence-corrected chi connectivity index (χ2v) is 3.41. The summed E-state index contributed by atoms with van der Waals surface area (Å²) < 4.78 is 10.3. The minimum absolute atomic E-state index is 0.169. The Hall–Kier alpha value is -1.75. The lowest BCUT2D eigenvalue weighted by Crippen LogP contribution is -2.22. The Morgan fingerprint density at radius 2 is 2.00 bits per heavy atom. The van der Waals surface area contributed by atoms with Crippen LogP contribution < -0.4 is 15.0 Å². The molecule has 0 aliphatic heterocycles. The largest absolute Gasteiger partial charge is 0.497 e. The molecule has 1 aromatic carbocycles. The first-order valence-corrected chi connectivity index (χ1v) is 5.24. The maximum Gasteiger partial charge on any atom is 0.243 e. The van der Waals surface area contributed by atoms with Crippen molar-refractivity contribution in [1.82, 2.24) is 5.48 Å². The molecular weight excluding hydrogens is 222 g/mol. The van der Waals surface area contributed by atoms with Crippen molar-refractivity contribution in [2.24, 2.45) is 0 Å². The highest BCUT2D eigenvalue weighted by Gasteiger charge is 2.07. The molecule has 0 aliphatic rings. The highest BCUT2D eigenvalue weighted by molar-refractivity contribution is 5.75. The van der Waals surface area contributed by atoms with Gasteiger partial charge in [0.25, 0.3) is 0 Å². The Labute approximate surface area is 101 Å². The molecule has 17 heavy (non-hydrogen) atoms. The molecule has 0 saturated carbocycles. The van der Waals surface area contributed by atoms with E-state index in [4.69, 9.17) is 9.47 Å². The number of rotatable bonds is 6.